The van der Waals surface area contributed by atoms with E-state index in [0.29, 0.717) is 5.92 Å². The molecule has 17 heavy (non-hydrogen) atoms. The van der Waals surface area contributed by atoms with E-state index >= 15 is 0 Å². The third-order valence-corrected chi connectivity index (χ3v) is 3.25. The van der Waals surface area contributed by atoms with Crippen molar-refractivity contribution in [3.8, 4) is 0 Å². The Hall–Kier alpha value is -0.280. The molecule has 1 fully saturated rings. The smallest absolute Gasteiger partial charge is 0.220 e. The maximum absolute atomic E-state index is 11.6. The lowest BCUT2D eigenvalue weighted by molar-refractivity contribution is -0.122. The van der Waals surface area contributed by atoms with Gasteiger partial charge in [0.2, 0.25) is 5.91 Å². The maximum atomic E-state index is 11.6. The summed E-state index contributed by atoms with van der Waals surface area (Å²) in [6.07, 6.45) is 8.39. The Morgan fingerprint density at radius 2 is 1.82 bits per heavy atom. The molecule has 1 aliphatic carbocycles. The van der Waals surface area contributed by atoms with E-state index in [1.165, 1.54) is 32.1 Å². The molecule has 0 radical (unpaired) electrons. The third-order valence-electron chi connectivity index (χ3n) is 3.25. The van der Waals surface area contributed by atoms with E-state index in [-0.39, 0.29) is 18.3 Å². The molecular weight excluding hydrogens is 236 g/mol. The van der Waals surface area contributed by atoms with Crippen molar-refractivity contribution in [2.24, 2.45) is 5.92 Å². The molecule has 102 valence electrons. The normalized spacial score (nSPS) is 16.3. The third kappa shape index (κ3) is 8.44. The number of rotatable bonds is 7. The van der Waals surface area contributed by atoms with Crippen molar-refractivity contribution in [1.82, 2.24) is 10.6 Å². The van der Waals surface area contributed by atoms with Crippen molar-refractivity contribution < 1.29 is 4.79 Å². The molecule has 1 rings (SSSR count). The van der Waals surface area contributed by atoms with E-state index in [1.807, 2.05) is 0 Å². The van der Waals surface area contributed by atoms with Crippen LogP contribution in [0.25, 0.3) is 0 Å². The van der Waals surface area contributed by atoms with Crippen molar-refractivity contribution in [1.29, 1.82) is 0 Å². The largest absolute Gasteiger partial charge is 0.355 e. The Kier molecular flexibility index (Phi) is 10.7. The lowest BCUT2D eigenvalue weighted by Crippen LogP contribution is -2.33. The number of hydrogen-bond acceptors (Lipinski definition) is 2. The van der Waals surface area contributed by atoms with Crippen LogP contribution in [0.1, 0.15) is 51.9 Å². The highest BCUT2D eigenvalue weighted by atomic mass is 35.5. The highest BCUT2D eigenvalue weighted by molar-refractivity contribution is 5.85. The van der Waals surface area contributed by atoms with E-state index < -0.39 is 0 Å². The van der Waals surface area contributed by atoms with Crippen molar-refractivity contribution >= 4 is 18.3 Å². The van der Waals surface area contributed by atoms with E-state index in [4.69, 9.17) is 0 Å². The summed E-state index contributed by atoms with van der Waals surface area (Å²) in [5.41, 5.74) is 0. The van der Waals surface area contributed by atoms with Crippen LogP contribution in [-0.2, 0) is 4.79 Å². The SMILES string of the molecule is CCCNCCNC(=O)CC1CCCCC1.Cl. The van der Waals surface area contributed by atoms with Gasteiger partial charge in [0.25, 0.3) is 0 Å². The van der Waals surface area contributed by atoms with Gasteiger partial charge in [0.1, 0.15) is 0 Å². The first-order chi connectivity index (χ1) is 7.83. The van der Waals surface area contributed by atoms with Gasteiger partial charge in [0, 0.05) is 19.5 Å². The standard InChI is InChI=1S/C13H26N2O.ClH/c1-2-8-14-9-10-15-13(16)11-12-6-4-3-5-7-12;/h12,14H,2-11H2,1H3,(H,15,16);1H. The van der Waals surface area contributed by atoms with Crippen LogP contribution < -0.4 is 10.6 Å². The summed E-state index contributed by atoms with van der Waals surface area (Å²) >= 11 is 0. The first kappa shape index (κ1) is 16.7. The summed E-state index contributed by atoms with van der Waals surface area (Å²) in [6.45, 7) is 4.85. The van der Waals surface area contributed by atoms with Gasteiger partial charge in [-0.05, 0) is 31.7 Å². The Labute approximate surface area is 112 Å². The van der Waals surface area contributed by atoms with Gasteiger partial charge < -0.3 is 10.6 Å². The second kappa shape index (κ2) is 10.8. The fourth-order valence-electron chi connectivity index (χ4n) is 2.32. The van der Waals surface area contributed by atoms with Crippen LogP contribution in [0.3, 0.4) is 0 Å². The molecule has 0 spiro atoms. The first-order valence-corrected chi connectivity index (χ1v) is 6.80. The fourth-order valence-corrected chi connectivity index (χ4v) is 2.32. The second-order valence-electron chi connectivity index (χ2n) is 4.81. The minimum Gasteiger partial charge on any atom is -0.355 e. The zero-order chi connectivity index (χ0) is 11.6. The Morgan fingerprint density at radius 3 is 2.47 bits per heavy atom. The number of halogens is 1. The Morgan fingerprint density at radius 1 is 1.12 bits per heavy atom. The summed E-state index contributed by atoms with van der Waals surface area (Å²) in [5, 5.41) is 6.27. The topological polar surface area (TPSA) is 41.1 Å². The highest BCUT2D eigenvalue weighted by Gasteiger charge is 2.16. The van der Waals surface area contributed by atoms with E-state index in [0.717, 1.165) is 32.5 Å². The molecule has 0 atom stereocenters. The molecule has 1 aliphatic rings. The van der Waals surface area contributed by atoms with Crippen LogP contribution in [0.2, 0.25) is 0 Å². The summed E-state index contributed by atoms with van der Waals surface area (Å²) in [5.74, 6) is 0.891. The molecule has 0 saturated heterocycles. The molecule has 1 amide bonds. The zero-order valence-electron chi connectivity index (χ0n) is 11.0. The van der Waals surface area contributed by atoms with Crippen LogP contribution in [-0.4, -0.2) is 25.5 Å². The summed E-state index contributed by atoms with van der Waals surface area (Å²) in [7, 11) is 0. The average molecular weight is 263 g/mol. The van der Waals surface area contributed by atoms with Gasteiger partial charge in [-0.1, -0.05) is 26.2 Å². The molecule has 0 bridgehead atoms. The van der Waals surface area contributed by atoms with Gasteiger partial charge in [-0.3, -0.25) is 4.79 Å². The molecule has 0 aliphatic heterocycles. The number of amides is 1. The molecule has 1 saturated carbocycles. The fraction of sp³-hybridized carbons (Fsp3) is 0.923. The minimum absolute atomic E-state index is 0. The molecule has 0 aromatic carbocycles. The zero-order valence-corrected chi connectivity index (χ0v) is 11.8. The average Bonchev–Trinajstić information content (AvgIpc) is 2.30. The lowest BCUT2D eigenvalue weighted by atomic mass is 9.87. The molecule has 2 N–H and O–H groups in total. The molecule has 0 aromatic rings. The van der Waals surface area contributed by atoms with Gasteiger partial charge >= 0.3 is 0 Å². The van der Waals surface area contributed by atoms with Crippen molar-refractivity contribution in [3.05, 3.63) is 0 Å². The number of carbonyl (C=O) groups is 1. The second-order valence-corrected chi connectivity index (χ2v) is 4.81. The summed E-state index contributed by atoms with van der Waals surface area (Å²) < 4.78 is 0. The first-order valence-electron chi connectivity index (χ1n) is 6.80. The monoisotopic (exact) mass is 262 g/mol. The molecule has 3 nitrogen and oxygen atoms in total. The van der Waals surface area contributed by atoms with Gasteiger partial charge in [0.15, 0.2) is 0 Å². The predicted octanol–water partition coefficient (Wildman–Crippen LogP) is 2.49. The number of hydrogen-bond donors (Lipinski definition) is 2. The number of nitrogens with one attached hydrogen (secondary N) is 2. The van der Waals surface area contributed by atoms with Crippen molar-refractivity contribution in [3.63, 3.8) is 0 Å². The Balaban J connectivity index is 0.00000256. The van der Waals surface area contributed by atoms with Crippen molar-refractivity contribution in [2.45, 2.75) is 51.9 Å². The van der Waals surface area contributed by atoms with Crippen LogP contribution >= 0.6 is 12.4 Å². The van der Waals surface area contributed by atoms with E-state index in [1.54, 1.807) is 0 Å². The lowest BCUT2D eigenvalue weighted by Gasteiger charge is -2.20. The van der Waals surface area contributed by atoms with Crippen molar-refractivity contribution in [2.75, 3.05) is 19.6 Å². The Bertz CT molecular complexity index is 194. The summed E-state index contributed by atoms with van der Waals surface area (Å²) in [4.78, 5) is 11.6. The van der Waals surface area contributed by atoms with Gasteiger partial charge in [-0.15, -0.1) is 12.4 Å². The quantitative estimate of drug-likeness (QED) is 0.692. The molecular formula is C13H27ClN2O. The van der Waals surface area contributed by atoms with E-state index in [2.05, 4.69) is 17.6 Å². The maximum Gasteiger partial charge on any atom is 0.220 e. The van der Waals surface area contributed by atoms with Crippen LogP contribution in [0.5, 0.6) is 0 Å². The minimum atomic E-state index is 0. The van der Waals surface area contributed by atoms with Gasteiger partial charge in [-0.25, -0.2) is 0 Å². The highest BCUT2D eigenvalue weighted by Crippen LogP contribution is 2.25. The summed E-state index contributed by atoms with van der Waals surface area (Å²) in [6, 6.07) is 0. The number of carbonyl (C=O) groups excluding carboxylic acids is 1. The van der Waals surface area contributed by atoms with Gasteiger partial charge in [0.05, 0.1) is 0 Å². The van der Waals surface area contributed by atoms with Crippen LogP contribution in [0.4, 0.5) is 0 Å². The molecule has 0 unspecified atom stereocenters. The van der Waals surface area contributed by atoms with Gasteiger partial charge in [-0.2, -0.15) is 0 Å². The molecule has 0 heterocycles. The molecule has 0 aromatic heterocycles. The van der Waals surface area contributed by atoms with Crippen LogP contribution in [0.15, 0.2) is 0 Å². The molecule has 4 heteroatoms. The van der Waals surface area contributed by atoms with Crippen LogP contribution in [0, 0.1) is 5.92 Å². The van der Waals surface area contributed by atoms with E-state index in [9.17, 15) is 4.79 Å². The predicted molar refractivity (Wildman–Crippen MR) is 74.6 cm³/mol.